The Labute approximate surface area is 108 Å². The molecule has 96 valence electrons. The van der Waals surface area contributed by atoms with E-state index in [9.17, 15) is 9.59 Å². The van der Waals surface area contributed by atoms with Crippen molar-refractivity contribution in [3.05, 3.63) is 24.3 Å². The molecule has 2 rings (SSSR count). The second-order valence-electron chi connectivity index (χ2n) is 3.60. The van der Waals surface area contributed by atoms with Crippen LogP contribution in [0.4, 0.5) is 0 Å². The summed E-state index contributed by atoms with van der Waals surface area (Å²) >= 11 is 1.04. The van der Waals surface area contributed by atoms with Gasteiger partial charge in [-0.3, -0.25) is 4.79 Å². The minimum Gasteiger partial charge on any atom is -0.497 e. The highest BCUT2D eigenvalue weighted by Gasteiger charge is 2.51. The summed E-state index contributed by atoms with van der Waals surface area (Å²) in [6.07, 6.45) is -1.43. The first-order valence-electron chi connectivity index (χ1n) is 5.24. The van der Waals surface area contributed by atoms with Crippen LogP contribution in [0.1, 0.15) is 0 Å². The van der Waals surface area contributed by atoms with E-state index in [4.69, 9.17) is 9.47 Å². The maximum atomic E-state index is 11.8. The van der Waals surface area contributed by atoms with E-state index in [1.807, 2.05) is 0 Å². The standard InChI is InChI=1S/C12H12O5S/c1-15-7-3-5-8(6-4-7)18-12(14)10-9(17-10)11(13)16-2/h3-6,9-10H,1-2H3. The number of benzene rings is 1. The number of rotatable bonds is 4. The molecule has 18 heavy (non-hydrogen) atoms. The van der Waals surface area contributed by atoms with Crippen LogP contribution >= 0.6 is 11.8 Å². The van der Waals surface area contributed by atoms with E-state index < -0.39 is 18.2 Å². The summed E-state index contributed by atoms with van der Waals surface area (Å²) < 4.78 is 14.5. The Morgan fingerprint density at radius 2 is 1.83 bits per heavy atom. The Hall–Kier alpha value is -1.53. The lowest BCUT2D eigenvalue weighted by molar-refractivity contribution is -0.142. The summed E-state index contributed by atoms with van der Waals surface area (Å²) in [6.45, 7) is 0. The molecule has 0 N–H and O–H groups in total. The summed E-state index contributed by atoms with van der Waals surface area (Å²) in [5.41, 5.74) is 0. The highest BCUT2D eigenvalue weighted by molar-refractivity contribution is 8.13. The van der Waals surface area contributed by atoms with E-state index in [0.29, 0.717) is 0 Å². The molecule has 1 aromatic carbocycles. The van der Waals surface area contributed by atoms with Crippen LogP contribution < -0.4 is 4.74 Å². The lowest BCUT2D eigenvalue weighted by Gasteiger charge is -2.01. The van der Waals surface area contributed by atoms with E-state index in [1.54, 1.807) is 31.4 Å². The monoisotopic (exact) mass is 268 g/mol. The molecule has 0 bridgehead atoms. The van der Waals surface area contributed by atoms with E-state index in [2.05, 4.69) is 4.74 Å². The van der Waals surface area contributed by atoms with Crippen LogP contribution in [-0.4, -0.2) is 37.5 Å². The fraction of sp³-hybridized carbons (Fsp3) is 0.333. The molecule has 1 fully saturated rings. The molecule has 5 nitrogen and oxygen atoms in total. The Balaban J connectivity index is 1.90. The molecule has 1 heterocycles. The Bertz CT molecular complexity index is 456. The molecule has 1 aliphatic heterocycles. The molecule has 2 unspecified atom stereocenters. The molecule has 0 saturated carbocycles. The SMILES string of the molecule is COC(=O)C1OC1C(=O)Sc1ccc(OC)cc1. The van der Waals surface area contributed by atoms with Crippen molar-refractivity contribution in [3.63, 3.8) is 0 Å². The molecule has 0 amide bonds. The molecule has 0 spiro atoms. The van der Waals surface area contributed by atoms with E-state index in [1.165, 1.54) is 7.11 Å². The zero-order valence-corrected chi connectivity index (χ0v) is 10.7. The third kappa shape index (κ3) is 2.83. The Kier molecular flexibility index (Phi) is 3.88. The van der Waals surface area contributed by atoms with Crippen molar-refractivity contribution < 1.29 is 23.8 Å². The minimum atomic E-state index is -0.742. The fourth-order valence-corrected chi connectivity index (χ4v) is 2.20. The normalized spacial score (nSPS) is 21.2. The summed E-state index contributed by atoms with van der Waals surface area (Å²) in [5, 5.41) is -0.199. The van der Waals surface area contributed by atoms with Crippen molar-refractivity contribution in [1.82, 2.24) is 0 Å². The highest BCUT2D eigenvalue weighted by Crippen LogP contribution is 2.32. The molecule has 0 aliphatic carbocycles. The smallest absolute Gasteiger partial charge is 0.338 e. The van der Waals surface area contributed by atoms with Crippen molar-refractivity contribution in [2.24, 2.45) is 0 Å². The summed E-state index contributed by atoms with van der Waals surface area (Å²) in [4.78, 5) is 23.6. The molecule has 6 heteroatoms. The van der Waals surface area contributed by atoms with Gasteiger partial charge in [-0.05, 0) is 36.0 Å². The molecule has 0 aromatic heterocycles. The number of thioether (sulfide) groups is 1. The van der Waals surface area contributed by atoms with Gasteiger partial charge in [-0.25, -0.2) is 4.79 Å². The predicted octanol–water partition coefficient (Wildman–Crippen LogP) is 1.25. The van der Waals surface area contributed by atoms with Crippen molar-refractivity contribution in [3.8, 4) is 5.75 Å². The van der Waals surface area contributed by atoms with Gasteiger partial charge in [-0.15, -0.1) is 0 Å². The first-order chi connectivity index (χ1) is 8.65. The van der Waals surface area contributed by atoms with E-state index in [-0.39, 0.29) is 5.12 Å². The van der Waals surface area contributed by atoms with Gasteiger partial charge < -0.3 is 14.2 Å². The van der Waals surface area contributed by atoms with Gasteiger partial charge in [-0.2, -0.15) is 0 Å². The fourth-order valence-electron chi connectivity index (χ4n) is 1.41. The maximum Gasteiger partial charge on any atom is 0.338 e. The van der Waals surface area contributed by atoms with Crippen molar-refractivity contribution in [2.75, 3.05) is 14.2 Å². The average molecular weight is 268 g/mol. The Morgan fingerprint density at radius 1 is 1.17 bits per heavy atom. The van der Waals surface area contributed by atoms with Gasteiger partial charge in [0.1, 0.15) is 5.75 Å². The maximum absolute atomic E-state index is 11.8. The second kappa shape index (κ2) is 5.41. The van der Waals surface area contributed by atoms with Crippen LogP contribution in [-0.2, 0) is 19.1 Å². The molecular formula is C12H12O5S. The summed E-state index contributed by atoms with van der Waals surface area (Å²) in [6, 6.07) is 7.08. The van der Waals surface area contributed by atoms with Crippen molar-refractivity contribution >= 4 is 22.8 Å². The van der Waals surface area contributed by atoms with Crippen LogP contribution in [0.2, 0.25) is 0 Å². The Morgan fingerprint density at radius 3 is 2.39 bits per heavy atom. The third-order valence-electron chi connectivity index (χ3n) is 2.44. The van der Waals surface area contributed by atoms with Gasteiger partial charge in [0.25, 0.3) is 0 Å². The number of ether oxygens (including phenoxy) is 3. The minimum absolute atomic E-state index is 0.199. The summed E-state index contributed by atoms with van der Waals surface area (Å²) in [7, 11) is 2.84. The number of hydrogen-bond acceptors (Lipinski definition) is 6. The number of esters is 1. The molecule has 1 aliphatic rings. The molecular weight excluding hydrogens is 256 g/mol. The van der Waals surface area contributed by atoms with Gasteiger partial charge in [0.15, 0.2) is 12.2 Å². The molecule has 1 aromatic rings. The summed E-state index contributed by atoms with van der Waals surface area (Å²) in [5.74, 6) is 0.214. The lowest BCUT2D eigenvalue weighted by atomic mass is 10.3. The second-order valence-corrected chi connectivity index (χ2v) is 4.67. The van der Waals surface area contributed by atoms with Crippen LogP contribution in [0, 0.1) is 0 Å². The first-order valence-corrected chi connectivity index (χ1v) is 6.06. The number of carbonyl (C=O) groups excluding carboxylic acids is 2. The topological polar surface area (TPSA) is 65.1 Å². The third-order valence-corrected chi connectivity index (χ3v) is 3.38. The van der Waals surface area contributed by atoms with Gasteiger partial charge in [0.05, 0.1) is 14.2 Å². The first kappa shape index (κ1) is 12.9. The van der Waals surface area contributed by atoms with Crippen molar-refractivity contribution in [1.29, 1.82) is 0 Å². The van der Waals surface area contributed by atoms with E-state index >= 15 is 0 Å². The van der Waals surface area contributed by atoms with Crippen LogP contribution in [0.15, 0.2) is 29.2 Å². The predicted molar refractivity (Wildman–Crippen MR) is 64.5 cm³/mol. The van der Waals surface area contributed by atoms with Crippen molar-refractivity contribution in [2.45, 2.75) is 17.1 Å². The molecule has 1 saturated heterocycles. The molecule has 0 radical (unpaired) electrons. The van der Waals surface area contributed by atoms with Crippen LogP contribution in [0.3, 0.4) is 0 Å². The number of carbonyl (C=O) groups is 2. The molecule has 2 atom stereocenters. The zero-order valence-electron chi connectivity index (χ0n) is 9.91. The van der Waals surface area contributed by atoms with Gasteiger partial charge in [-0.1, -0.05) is 0 Å². The quantitative estimate of drug-likeness (QED) is 0.465. The number of epoxide rings is 1. The largest absolute Gasteiger partial charge is 0.497 e. The number of methoxy groups -OCH3 is 2. The van der Waals surface area contributed by atoms with Gasteiger partial charge in [0, 0.05) is 4.90 Å². The average Bonchev–Trinajstić information content (AvgIpc) is 3.19. The van der Waals surface area contributed by atoms with Crippen LogP contribution in [0.5, 0.6) is 5.75 Å². The van der Waals surface area contributed by atoms with Crippen LogP contribution in [0.25, 0.3) is 0 Å². The zero-order chi connectivity index (χ0) is 13.1. The number of hydrogen-bond donors (Lipinski definition) is 0. The van der Waals surface area contributed by atoms with Gasteiger partial charge in [0.2, 0.25) is 5.12 Å². The van der Waals surface area contributed by atoms with Gasteiger partial charge >= 0.3 is 5.97 Å². The highest BCUT2D eigenvalue weighted by atomic mass is 32.2. The van der Waals surface area contributed by atoms with E-state index in [0.717, 1.165) is 22.4 Å². The lowest BCUT2D eigenvalue weighted by Crippen LogP contribution is -2.15.